The molecule has 3 amide bonds. The maximum atomic E-state index is 13.5. The van der Waals surface area contributed by atoms with Gasteiger partial charge in [-0.1, -0.05) is 41.9 Å². The Morgan fingerprint density at radius 2 is 1.74 bits per heavy atom. The molecule has 3 aromatic rings. The van der Waals surface area contributed by atoms with Gasteiger partial charge in [0.25, 0.3) is 0 Å². The van der Waals surface area contributed by atoms with Gasteiger partial charge in [-0.2, -0.15) is 0 Å². The number of carbonyl (C=O) groups excluding carboxylic acids is 3. The molecule has 0 bridgehead atoms. The van der Waals surface area contributed by atoms with E-state index in [1.807, 2.05) is 6.07 Å². The first-order valence-electron chi connectivity index (χ1n) is 11.1. The van der Waals surface area contributed by atoms with Crippen LogP contribution in [0.3, 0.4) is 0 Å². The Morgan fingerprint density at radius 1 is 1.00 bits per heavy atom. The number of nitrogens with zero attached hydrogens (tertiary/aromatic N) is 2. The van der Waals surface area contributed by atoms with Gasteiger partial charge in [-0.25, -0.2) is 0 Å². The smallest absolute Gasteiger partial charge is 0.247 e. The number of benzene rings is 2. The van der Waals surface area contributed by atoms with Crippen molar-refractivity contribution in [1.29, 1.82) is 0 Å². The molecule has 3 rings (SSSR count). The van der Waals surface area contributed by atoms with E-state index in [-0.39, 0.29) is 37.1 Å². The quantitative estimate of drug-likeness (QED) is 0.392. The molecule has 0 aliphatic heterocycles. The van der Waals surface area contributed by atoms with Gasteiger partial charge in [0.2, 0.25) is 17.7 Å². The van der Waals surface area contributed by atoms with Crippen molar-refractivity contribution in [3.05, 3.63) is 89.7 Å². The summed E-state index contributed by atoms with van der Waals surface area (Å²) in [5, 5.41) is 6.05. The number of rotatable bonds is 11. The molecule has 8 nitrogen and oxygen atoms in total. The Hall–Kier alpha value is -3.75. The largest absolute Gasteiger partial charge is 0.383 e. The van der Waals surface area contributed by atoms with E-state index >= 15 is 0 Å². The van der Waals surface area contributed by atoms with Crippen molar-refractivity contribution in [2.24, 2.45) is 0 Å². The highest BCUT2D eigenvalue weighted by molar-refractivity contribution is 6.30. The molecule has 0 fully saturated rings. The highest BCUT2D eigenvalue weighted by Gasteiger charge is 2.32. The van der Waals surface area contributed by atoms with Crippen LogP contribution in [0.1, 0.15) is 24.4 Å². The Balaban J connectivity index is 1.86. The summed E-state index contributed by atoms with van der Waals surface area (Å²) in [4.78, 5) is 44.7. The van der Waals surface area contributed by atoms with Crippen molar-refractivity contribution in [2.45, 2.75) is 18.9 Å². The molecule has 0 unspecified atom stereocenters. The molecule has 182 valence electrons. The van der Waals surface area contributed by atoms with Crippen LogP contribution in [0, 0.1) is 0 Å². The van der Waals surface area contributed by atoms with Gasteiger partial charge in [-0.15, -0.1) is 0 Å². The van der Waals surface area contributed by atoms with Crippen molar-refractivity contribution in [1.82, 2.24) is 10.3 Å². The lowest BCUT2D eigenvalue weighted by molar-refractivity contribution is -0.127. The van der Waals surface area contributed by atoms with E-state index in [0.29, 0.717) is 28.6 Å². The zero-order valence-electron chi connectivity index (χ0n) is 19.3. The number of halogens is 1. The lowest BCUT2D eigenvalue weighted by Crippen LogP contribution is -2.45. The van der Waals surface area contributed by atoms with E-state index in [1.54, 1.807) is 74.0 Å². The highest BCUT2D eigenvalue weighted by Crippen LogP contribution is 2.29. The second kappa shape index (κ2) is 13.2. The normalized spacial score (nSPS) is 11.4. The minimum Gasteiger partial charge on any atom is -0.383 e. The Bertz CT molecular complexity index is 1110. The number of anilines is 2. The van der Waals surface area contributed by atoms with E-state index in [2.05, 4.69) is 15.6 Å². The Morgan fingerprint density at radius 3 is 2.40 bits per heavy atom. The molecule has 1 heterocycles. The molecule has 0 aliphatic carbocycles. The molecule has 0 saturated heterocycles. The minimum absolute atomic E-state index is 0.0598. The number of amides is 3. The van der Waals surface area contributed by atoms with Gasteiger partial charge in [0.1, 0.15) is 6.04 Å². The molecule has 1 atom stereocenters. The Kier molecular flexibility index (Phi) is 9.77. The van der Waals surface area contributed by atoms with Gasteiger partial charge < -0.3 is 15.4 Å². The van der Waals surface area contributed by atoms with Crippen LogP contribution in [0.4, 0.5) is 11.4 Å². The van der Waals surface area contributed by atoms with Crippen molar-refractivity contribution in [3.63, 3.8) is 0 Å². The second-order valence-electron chi connectivity index (χ2n) is 7.63. The fourth-order valence-corrected chi connectivity index (χ4v) is 3.59. The number of hydrogen-bond donors (Lipinski definition) is 2. The molecule has 0 aliphatic rings. The molecule has 9 heteroatoms. The van der Waals surface area contributed by atoms with Crippen LogP contribution >= 0.6 is 11.6 Å². The third kappa shape index (κ3) is 7.63. The summed E-state index contributed by atoms with van der Waals surface area (Å²) in [5.41, 5.74) is 1.66. The van der Waals surface area contributed by atoms with Crippen LogP contribution < -0.4 is 15.5 Å². The molecular formula is C26H27ClN4O4. The SMILES string of the molecule is COCCNC(=O)[C@@H](c1ccc(Cl)cc1)N(C(=O)CCC(=O)Nc1cccnc1)c1ccccc1. The van der Waals surface area contributed by atoms with Crippen LogP contribution in [-0.4, -0.2) is 43.0 Å². The fraction of sp³-hybridized carbons (Fsp3) is 0.231. The topological polar surface area (TPSA) is 101 Å². The second-order valence-corrected chi connectivity index (χ2v) is 8.06. The first-order valence-corrected chi connectivity index (χ1v) is 11.5. The number of hydrogen-bond acceptors (Lipinski definition) is 5. The van der Waals surface area contributed by atoms with Crippen molar-refractivity contribution in [3.8, 4) is 0 Å². The summed E-state index contributed by atoms with van der Waals surface area (Å²) in [7, 11) is 1.54. The molecule has 1 aromatic heterocycles. The first kappa shape index (κ1) is 25.9. The van der Waals surface area contributed by atoms with Gasteiger partial charge in [-0.05, 0) is 42.0 Å². The zero-order valence-corrected chi connectivity index (χ0v) is 20.1. The molecule has 0 saturated carbocycles. The van der Waals surface area contributed by atoms with Gasteiger partial charge in [0, 0.05) is 43.4 Å². The number of methoxy groups -OCH3 is 1. The predicted octanol–water partition coefficient (Wildman–Crippen LogP) is 3.99. The zero-order chi connectivity index (χ0) is 25.0. The lowest BCUT2D eigenvalue weighted by Gasteiger charge is -2.31. The third-order valence-corrected chi connectivity index (χ3v) is 5.36. The van der Waals surface area contributed by atoms with E-state index in [0.717, 1.165) is 0 Å². The molecule has 0 radical (unpaired) electrons. The van der Waals surface area contributed by atoms with Crippen molar-refractivity contribution >= 4 is 40.7 Å². The summed E-state index contributed by atoms with van der Waals surface area (Å²) in [6.07, 6.45) is 2.97. The monoisotopic (exact) mass is 494 g/mol. The van der Waals surface area contributed by atoms with E-state index in [4.69, 9.17) is 16.3 Å². The van der Waals surface area contributed by atoms with E-state index < -0.39 is 6.04 Å². The molecule has 35 heavy (non-hydrogen) atoms. The Labute approximate surface area is 209 Å². The number of ether oxygens (including phenoxy) is 1. The fourth-order valence-electron chi connectivity index (χ4n) is 3.46. The molecular weight excluding hydrogens is 468 g/mol. The highest BCUT2D eigenvalue weighted by atomic mass is 35.5. The summed E-state index contributed by atoms with van der Waals surface area (Å²) in [6.45, 7) is 0.608. The number of para-hydroxylation sites is 1. The third-order valence-electron chi connectivity index (χ3n) is 5.11. The summed E-state index contributed by atoms with van der Waals surface area (Å²) in [5.74, 6) is -1.08. The van der Waals surface area contributed by atoms with Gasteiger partial charge in [-0.3, -0.25) is 24.3 Å². The maximum Gasteiger partial charge on any atom is 0.247 e. The van der Waals surface area contributed by atoms with Crippen LogP contribution in [0.5, 0.6) is 0 Å². The van der Waals surface area contributed by atoms with Crippen molar-refractivity contribution in [2.75, 3.05) is 30.5 Å². The minimum atomic E-state index is -0.972. The number of nitrogens with one attached hydrogen (secondary N) is 2. The van der Waals surface area contributed by atoms with Gasteiger partial charge >= 0.3 is 0 Å². The summed E-state index contributed by atoms with van der Waals surface area (Å²) < 4.78 is 5.04. The number of pyridine rings is 1. The predicted molar refractivity (Wildman–Crippen MR) is 135 cm³/mol. The van der Waals surface area contributed by atoms with Crippen LogP contribution in [-0.2, 0) is 19.1 Å². The van der Waals surface area contributed by atoms with E-state index in [1.165, 1.54) is 11.1 Å². The number of aromatic nitrogens is 1. The summed E-state index contributed by atoms with van der Waals surface area (Å²) >= 11 is 6.06. The molecule has 0 spiro atoms. The van der Waals surface area contributed by atoms with Gasteiger partial charge in [0.15, 0.2) is 0 Å². The average Bonchev–Trinajstić information content (AvgIpc) is 2.87. The van der Waals surface area contributed by atoms with Gasteiger partial charge in [0.05, 0.1) is 18.5 Å². The summed E-state index contributed by atoms with van der Waals surface area (Å²) in [6, 6.07) is 18.1. The molecule has 2 aromatic carbocycles. The standard InChI is InChI=1S/C26H27ClN4O4/c1-35-17-16-29-26(34)25(19-9-11-20(27)12-10-19)31(22-7-3-2-4-8-22)24(33)14-13-23(32)30-21-6-5-15-28-18-21/h2-12,15,18,25H,13-14,16-17H2,1H3,(H,29,34)(H,30,32)/t25-/m1/s1. The maximum absolute atomic E-state index is 13.5. The van der Waals surface area contributed by atoms with Crippen LogP contribution in [0.25, 0.3) is 0 Å². The number of carbonyl (C=O) groups is 3. The van der Waals surface area contributed by atoms with Crippen LogP contribution in [0.15, 0.2) is 79.1 Å². The molecule has 2 N–H and O–H groups in total. The lowest BCUT2D eigenvalue weighted by atomic mass is 10.0. The van der Waals surface area contributed by atoms with Crippen LogP contribution in [0.2, 0.25) is 5.02 Å². The first-order chi connectivity index (χ1) is 17.0. The van der Waals surface area contributed by atoms with E-state index in [9.17, 15) is 14.4 Å². The average molecular weight is 495 g/mol. The van der Waals surface area contributed by atoms with Crippen molar-refractivity contribution < 1.29 is 19.1 Å².